The van der Waals surface area contributed by atoms with E-state index in [9.17, 15) is 13.2 Å². The van der Waals surface area contributed by atoms with E-state index in [4.69, 9.17) is 5.14 Å². The third-order valence-electron chi connectivity index (χ3n) is 2.94. The molecule has 0 spiro atoms. The zero-order chi connectivity index (χ0) is 13.3. The highest BCUT2D eigenvalue weighted by molar-refractivity contribution is 7.98. The Bertz CT molecular complexity index is 554. The largest absolute Gasteiger partial charge is 0.311 e. The Hall–Kier alpha value is -1.05. The number of thioether (sulfide) groups is 1. The molecule has 1 amide bonds. The van der Waals surface area contributed by atoms with Crippen LogP contribution in [-0.2, 0) is 14.8 Å². The topological polar surface area (TPSA) is 80.5 Å². The van der Waals surface area contributed by atoms with Crippen molar-refractivity contribution >= 4 is 33.4 Å². The second-order valence-corrected chi connectivity index (χ2v) is 6.84. The molecular weight excluding hydrogens is 272 g/mol. The predicted octanol–water partition coefficient (Wildman–Crippen LogP) is 0.802. The van der Waals surface area contributed by atoms with Crippen molar-refractivity contribution in [2.75, 3.05) is 17.7 Å². The number of nitrogens with two attached hydrogens (primary N) is 1. The van der Waals surface area contributed by atoms with Gasteiger partial charge in [-0.05, 0) is 30.5 Å². The maximum atomic E-state index is 11.8. The van der Waals surface area contributed by atoms with Gasteiger partial charge in [-0.2, -0.15) is 0 Å². The highest BCUT2D eigenvalue weighted by Gasteiger charge is 2.37. The minimum absolute atomic E-state index is 0.0386. The van der Waals surface area contributed by atoms with E-state index in [2.05, 4.69) is 0 Å². The third kappa shape index (κ3) is 2.68. The summed E-state index contributed by atoms with van der Waals surface area (Å²) in [7, 11) is -3.66. The van der Waals surface area contributed by atoms with Gasteiger partial charge in [0.1, 0.15) is 5.25 Å². The highest BCUT2D eigenvalue weighted by atomic mass is 32.2. The molecule has 0 saturated carbocycles. The van der Waals surface area contributed by atoms with Crippen LogP contribution in [0.3, 0.4) is 0 Å². The molecular formula is C11H14N2O3S2. The molecule has 2 N–H and O–H groups in total. The summed E-state index contributed by atoms with van der Waals surface area (Å²) in [6.45, 7) is 0.135. The van der Waals surface area contributed by atoms with E-state index in [0.717, 1.165) is 4.90 Å². The Morgan fingerprint density at radius 2 is 1.94 bits per heavy atom. The van der Waals surface area contributed by atoms with E-state index in [1.165, 1.54) is 4.90 Å². The first-order valence-corrected chi connectivity index (χ1v) is 8.21. The molecule has 1 aliphatic heterocycles. The molecule has 1 heterocycles. The minimum atomic E-state index is -3.66. The number of nitrogens with zero attached hydrogens (tertiary/aromatic N) is 1. The summed E-state index contributed by atoms with van der Waals surface area (Å²) in [5.74, 6) is -0.203. The predicted molar refractivity (Wildman–Crippen MR) is 72.1 cm³/mol. The number of benzene rings is 1. The molecule has 0 aliphatic carbocycles. The van der Waals surface area contributed by atoms with Gasteiger partial charge in [0.05, 0.1) is 0 Å². The first-order chi connectivity index (χ1) is 8.41. The maximum absolute atomic E-state index is 11.8. The van der Waals surface area contributed by atoms with Crippen LogP contribution in [0.1, 0.15) is 6.42 Å². The van der Waals surface area contributed by atoms with Crippen LogP contribution >= 0.6 is 11.8 Å². The third-order valence-corrected chi connectivity index (χ3v) is 4.93. The summed E-state index contributed by atoms with van der Waals surface area (Å²) < 4.78 is 22.5. The fourth-order valence-corrected chi connectivity index (χ4v) is 3.05. The molecule has 2 rings (SSSR count). The molecule has 0 bridgehead atoms. The monoisotopic (exact) mass is 286 g/mol. The number of anilines is 1. The average molecular weight is 286 g/mol. The zero-order valence-electron chi connectivity index (χ0n) is 9.87. The fraction of sp³-hybridized carbons (Fsp3) is 0.364. The summed E-state index contributed by atoms with van der Waals surface area (Å²) in [6.07, 6.45) is 1.93. The lowest BCUT2D eigenvalue weighted by molar-refractivity contribution is -0.117. The number of carbonyl (C=O) groups is 1. The van der Waals surface area contributed by atoms with Gasteiger partial charge in [-0.25, -0.2) is 13.6 Å². The van der Waals surface area contributed by atoms with Crippen molar-refractivity contribution in [2.45, 2.75) is 16.6 Å². The van der Waals surface area contributed by atoms with Crippen LogP contribution in [0.15, 0.2) is 29.2 Å². The summed E-state index contributed by atoms with van der Waals surface area (Å²) in [4.78, 5) is 14.3. The number of carbonyl (C=O) groups excluding carboxylic acids is 1. The zero-order valence-corrected chi connectivity index (χ0v) is 11.5. The van der Waals surface area contributed by atoms with E-state index >= 15 is 0 Å². The lowest BCUT2D eigenvalue weighted by Crippen LogP contribution is -2.32. The second kappa shape index (κ2) is 4.91. The number of sulfonamides is 1. The van der Waals surface area contributed by atoms with Gasteiger partial charge in [-0.1, -0.05) is 0 Å². The maximum Gasteiger partial charge on any atom is 0.228 e. The molecule has 1 fully saturated rings. The molecule has 18 heavy (non-hydrogen) atoms. The quantitative estimate of drug-likeness (QED) is 0.834. The number of primary sulfonamides is 1. The Morgan fingerprint density at radius 1 is 1.33 bits per heavy atom. The first-order valence-electron chi connectivity index (χ1n) is 5.38. The fourth-order valence-electron chi connectivity index (χ4n) is 1.91. The number of rotatable bonds is 3. The second-order valence-electron chi connectivity index (χ2n) is 4.12. The van der Waals surface area contributed by atoms with Crippen LogP contribution < -0.4 is 10.0 Å². The molecule has 1 aromatic rings. The van der Waals surface area contributed by atoms with Gasteiger partial charge in [-0.3, -0.25) is 4.79 Å². The summed E-state index contributed by atoms with van der Waals surface area (Å²) >= 11 is 1.61. The summed E-state index contributed by atoms with van der Waals surface area (Å²) in [5.41, 5.74) is 0.712. The van der Waals surface area contributed by atoms with Crippen molar-refractivity contribution < 1.29 is 13.2 Å². The first kappa shape index (κ1) is 13.4. The van der Waals surface area contributed by atoms with E-state index in [-0.39, 0.29) is 18.9 Å². The molecule has 0 radical (unpaired) electrons. The SMILES string of the molecule is CSc1ccc(N2CC(S(N)(=O)=O)CC2=O)cc1. The van der Waals surface area contributed by atoms with Crippen LogP contribution in [0.4, 0.5) is 5.69 Å². The van der Waals surface area contributed by atoms with Crippen molar-refractivity contribution in [1.82, 2.24) is 0 Å². The normalized spacial score (nSPS) is 20.4. The molecule has 0 aromatic heterocycles. The van der Waals surface area contributed by atoms with Crippen LogP contribution in [0.2, 0.25) is 0 Å². The van der Waals surface area contributed by atoms with Gasteiger partial charge in [0.15, 0.2) is 0 Å². The molecule has 1 saturated heterocycles. The van der Waals surface area contributed by atoms with Crippen molar-refractivity contribution in [3.63, 3.8) is 0 Å². The smallest absolute Gasteiger partial charge is 0.228 e. The van der Waals surface area contributed by atoms with E-state index in [1.807, 2.05) is 30.5 Å². The standard InChI is InChI=1S/C11H14N2O3S2/c1-17-9-4-2-8(3-5-9)13-7-10(6-11(13)14)18(12,15)16/h2-5,10H,6-7H2,1H3,(H2,12,15,16). The van der Waals surface area contributed by atoms with Crippen molar-refractivity contribution in [1.29, 1.82) is 0 Å². The summed E-state index contributed by atoms with van der Waals surface area (Å²) in [6, 6.07) is 7.43. The van der Waals surface area contributed by atoms with E-state index in [0.29, 0.717) is 5.69 Å². The van der Waals surface area contributed by atoms with E-state index < -0.39 is 15.3 Å². The van der Waals surface area contributed by atoms with Gasteiger partial charge in [-0.15, -0.1) is 11.8 Å². The number of amides is 1. The number of hydrogen-bond acceptors (Lipinski definition) is 4. The van der Waals surface area contributed by atoms with Crippen LogP contribution in [-0.4, -0.2) is 32.4 Å². The minimum Gasteiger partial charge on any atom is -0.311 e. The Balaban J connectivity index is 2.21. The highest BCUT2D eigenvalue weighted by Crippen LogP contribution is 2.26. The van der Waals surface area contributed by atoms with E-state index in [1.54, 1.807) is 11.8 Å². The molecule has 1 atom stereocenters. The van der Waals surface area contributed by atoms with Crippen molar-refractivity contribution in [3.05, 3.63) is 24.3 Å². The Kier molecular flexibility index (Phi) is 3.65. The molecule has 98 valence electrons. The van der Waals surface area contributed by atoms with Gasteiger partial charge in [0.2, 0.25) is 15.9 Å². The van der Waals surface area contributed by atoms with Gasteiger partial charge >= 0.3 is 0 Å². The Labute approximate surface area is 110 Å². The lowest BCUT2D eigenvalue weighted by Gasteiger charge is -2.16. The van der Waals surface area contributed by atoms with Gasteiger partial charge in [0, 0.05) is 23.5 Å². The molecule has 7 heteroatoms. The van der Waals surface area contributed by atoms with Crippen molar-refractivity contribution in [2.24, 2.45) is 5.14 Å². The van der Waals surface area contributed by atoms with Crippen LogP contribution in [0.25, 0.3) is 0 Å². The summed E-state index contributed by atoms with van der Waals surface area (Å²) in [5, 5.41) is 4.28. The van der Waals surface area contributed by atoms with Gasteiger partial charge < -0.3 is 4.90 Å². The number of hydrogen-bond donors (Lipinski definition) is 1. The average Bonchev–Trinajstić information content (AvgIpc) is 2.71. The molecule has 1 aromatic carbocycles. The van der Waals surface area contributed by atoms with Crippen LogP contribution in [0, 0.1) is 0 Å². The van der Waals surface area contributed by atoms with Crippen LogP contribution in [0.5, 0.6) is 0 Å². The van der Waals surface area contributed by atoms with Crippen molar-refractivity contribution in [3.8, 4) is 0 Å². The molecule has 1 aliphatic rings. The lowest BCUT2D eigenvalue weighted by atomic mass is 10.3. The molecule has 5 nitrogen and oxygen atoms in total. The Morgan fingerprint density at radius 3 is 2.39 bits per heavy atom. The molecule has 1 unspecified atom stereocenters. The van der Waals surface area contributed by atoms with Gasteiger partial charge in [0.25, 0.3) is 0 Å².